The van der Waals surface area contributed by atoms with Crippen LogP contribution in [0, 0.1) is 0 Å². The van der Waals surface area contributed by atoms with E-state index >= 15 is 0 Å². The molecule has 1 aromatic rings. The van der Waals surface area contributed by atoms with Crippen LogP contribution < -0.4 is 10.1 Å². The molecule has 2 nitrogen and oxygen atoms in total. The first-order chi connectivity index (χ1) is 7.99. The summed E-state index contributed by atoms with van der Waals surface area (Å²) in [5.74, 6) is 0.151. The van der Waals surface area contributed by atoms with Gasteiger partial charge in [-0.3, -0.25) is 0 Å². The van der Waals surface area contributed by atoms with Gasteiger partial charge in [0.1, 0.15) is 5.75 Å². The van der Waals surface area contributed by atoms with E-state index in [1.165, 1.54) is 12.1 Å². The predicted octanol–water partition coefficient (Wildman–Crippen LogP) is 3.69. The van der Waals surface area contributed by atoms with Gasteiger partial charge in [-0.15, -0.1) is 0 Å². The van der Waals surface area contributed by atoms with Gasteiger partial charge in [0.2, 0.25) is 0 Å². The molecule has 0 fully saturated rings. The summed E-state index contributed by atoms with van der Waals surface area (Å²) in [6.45, 7) is 3.22. The second-order valence-corrected chi connectivity index (χ2v) is 4.10. The summed E-state index contributed by atoms with van der Waals surface area (Å²) in [5, 5.41) is 3.66. The smallest absolute Gasteiger partial charge is 0.387 e. The van der Waals surface area contributed by atoms with Crippen LogP contribution in [0.15, 0.2) is 35.9 Å². The second-order valence-electron chi connectivity index (χ2n) is 3.57. The summed E-state index contributed by atoms with van der Waals surface area (Å²) >= 11 is 5.63. The zero-order chi connectivity index (χ0) is 12.8. The molecular weight excluding hydrogens is 248 g/mol. The maximum absolute atomic E-state index is 11.9. The van der Waals surface area contributed by atoms with Crippen molar-refractivity contribution in [3.8, 4) is 5.75 Å². The Kier molecular flexibility index (Phi) is 5.38. The molecule has 1 N–H and O–H groups in total. The molecule has 0 saturated heterocycles. The van der Waals surface area contributed by atoms with Gasteiger partial charge in [-0.05, 0) is 24.6 Å². The number of hydrogen-bond acceptors (Lipinski definition) is 2. The first-order valence-electron chi connectivity index (χ1n) is 5.10. The zero-order valence-electron chi connectivity index (χ0n) is 9.42. The number of ether oxygens (including phenoxy) is 1. The number of alkyl halides is 2. The number of rotatable bonds is 6. The van der Waals surface area contributed by atoms with Crippen LogP contribution in [0.1, 0.15) is 18.5 Å². The van der Waals surface area contributed by atoms with Crippen molar-refractivity contribution in [2.24, 2.45) is 0 Å². The van der Waals surface area contributed by atoms with Crippen molar-refractivity contribution in [2.75, 3.05) is 6.54 Å². The third-order valence-corrected chi connectivity index (χ3v) is 2.34. The van der Waals surface area contributed by atoms with Gasteiger partial charge >= 0.3 is 6.61 Å². The van der Waals surface area contributed by atoms with Gasteiger partial charge in [-0.25, -0.2) is 0 Å². The van der Waals surface area contributed by atoms with Gasteiger partial charge in [0.25, 0.3) is 0 Å². The highest BCUT2D eigenvalue weighted by molar-refractivity contribution is 6.29. The van der Waals surface area contributed by atoms with Crippen LogP contribution in [0.25, 0.3) is 0 Å². The number of hydrogen-bond donors (Lipinski definition) is 1. The molecule has 0 bridgehead atoms. The quantitative estimate of drug-likeness (QED) is 0.843. The monoisotopic (exact) mass is 261 g/mol. The molecule has 0 aromatic heterocycles. The molecule has 1 atom stereocenters. The van der Waals surface area contributed by atoms with E-state index in [9.17, 15) is 8.78 Å². The Bertz CT molecular complexity index is 367. The largest absolute Gasteiger partial charge is 0.435 e. The minimum atomic E-state index is -2.80. The van der Waals surface area contributed by atoms with Crippen molar-refractivity contribution in [2.45, 2.75) is 19.6 Å². The normalized spacial score (nSPS) is 12.5. The lowest BCUT2D eigenvalue weighted by molar-refractivity contribution is -0.0498. The molecule has 1 unspecified atom stereocenters. The van der Waals surface area contributed by atoms with E-state index in [1.807, 2.05) is 6.92 Å². The van der Waals surface area contributed by atoms with Gasteiger partial charge < -0.3 is 10.1 Å². The first-order valence-corrected chi connectivity index (χ1v) is 5.48. The Morgan fingerprint density at radius 3 is 2.47 bits per heavy atom. The molecule has 0 amide bonds. The zero-order valence-corrected chi connectivity index (χ0v) is 10.2. The first kappa shape index (κ1) is 13.9. The van der Waals surface area contributed by atoms with Crippen LogP contribution >= 0.6 is 11.6 Å². The summed E-state index contributed by atoms with van der Waals surface area (Å²) in [6, 6.07) is 6.54. The van der Waals surface area contributed by atoms with Crippen LogP contribution in [0.5, 0.6) is 5.75 Å². The Labute approximate surface area is 104 Å². The van der Waals surface area contributed by atoms with E-state index in [2.05, 4.69) is 16.6 Å². The highest BCUT2D eigenvalue weighted by Crippen LogP contribution is 2.19. The van der Waals surface area contributed by atoms with Crippen molar-refractivity contribution in [1.29, 1.82) is 0 Å². The van der Waals surface area contributed by atoms with Gasteiger partial charge in [0, 0.05) is 17.6 Å². The third kappa shape index (κ3) is 5.15. The Morgan fingerprint density at radius 2 is 2.00 bits per heavy atom. The molecular formula is C12H14ClF2NO. The van der Waals surface area contributed by atoms with Crippen LogP contribution in [0.2, 0.25) is 0 Å². The Hall–Kier alpha value is -1.13. The lowest BCUT2D eigenvalue weighted by Crippen LogP contribution is -2.19. The second kappa shape index (κ2) is 6.57. The van der Waals surface area contributed by atoms with E-state index in [-0.39, 0.29) is 11.8 Å². The fourth-order valence-corrected chi connectivity index (χ4v) is 1.40. The molecule has 0 spiro atoms. The maximum atomic E-state index is 11.9. The van der Waals surface area contributed by atoms with Crippen molar-refractivity contribution in [3.63, 3.8) is 0 Å². The minimum absolute atomic E-state index is 0.0612. The molecule has 0 heterocycles. The number of benzene rings is 1. The summed E-state index contributed by atoms with van der Waals surface area (Å²) in [7, 11) is 0. The van der Waals surface area contributed by atoms with Gasteiger partial charge in [-0.1, -0.05) is 30.3 Å². The van der Waals surface area contributed by atoms with Gasteiger partial charge in [-0.2, -0.15) is 8.78 Å². The van der Waals surface area contributed by atoms with E-state index in [0.29, 0.717) is 11.6 Å². The topological polar surface area (TPSA) is 21.3 Å². The van der Waals surface area contributed by atoms with E-state index in [1.54, 1.807) is 12.1 Å². The summed E-state index contributed by atoms with van der Waals surface area (Å²) < 4.78 is 28.1. The van der Waals surface area contributed by atoms with E-state index < -0.39 is 6.61 Å². The molecule has 1 aromatic carbocycles. The van der Waals surface area contributed by atoms with Gasteiger partial charge in [0.15, 0.2) is 0 Å². The van der Waals surface area contributed by atoms with Gasteiger partial charge in [0.05, 0.1) is 0 Å². The van der Waals surface area contributed by atoms with Crippen molar-refractivity contribution in [1.82, 2.24) is 5.32 Å². The minimum Gasteiger partial charge on any atom is -0.435 e. The highest BCUT2D eigenvalue weighted by atomic mass is 35.5. The average molecular weight is 262 g/mol. The molecule has 0 radical (unpaired) electrons. The predicted molar refractivity (Wildman–Crippen MR) is 64.5 cm³/mol. The van der Waals surface area contributed by atoms with E-state index in [0.717, 1.165) is 5.56 Å². The van der Waals surface area contributed by atoms with Crippen molar-refractivity contribution >= 4 is 11.6 Å². The van der Waals surface area contributed by atoms with Crippen LogP contribution in [-0.4, -0.2) is 13.2 Å². The Balaban J connectivity index is 2.57. The number of nitrogens with one attached hydrogen (secondary N) is 1. The van der Waals surface area contributed by atoms with E-state index in [4.69, 9.17) is 11.6 Å². The molecule has 1 rings (SSSR count). The summed E-state index contributed by atoms with van der Waals surface area (Å²) in [6.07, 6.45) is 0. The molecule has 0 saturated carbocycles. The average Bonchev–Trinajstić information content (AvgIpc) is 2.26. The fraction of sp³-hybridized carbons (Fsp3) is 0.333. The molecule has 5 heteroatoms. The summed E-state index contributed by atoms with van der Waals surface area (Å²) in [5.41, 5.74) is 0.963. The molecule has 94 valence electrons. The maximum Gasteiger partial charge on any atom is 0.387 e. The highest BCUT2D eigenvalue weighted by Gasteiger charge is 2.07. The standard InChI is InChI=1S/C12H14ClF2NO/c1-8(13)7-16-9(2)10-3-5-11(6-4-10)17-12(14)15/h3-6,9,12,16H,1,7H2,2H3. The molecule has 0 aliphatic carbocycles. The molecule has 0 aliphatic rings. The third-order valence-electron chi connectivity index (χ3n) is 2.21. The molecule has 17 heavy (non-hydrogen) atoms. The van der Waals surface area contributed by atoms with Crippen LogP contribution in [-0.2, 0) is 0 Å². The van der Waals surface area contributed by atoms with Crippen LogP contribution in [0.3, 0.4) is 0 Å². The molecule has 0 aliphatic heterocycles. The van der Waals surface area contributed by atoms with Crippen molar-refractivity contribution < 1.29 is 13.5 Å². The Morgan fingerprint density at radius 1 is 1.41 bits per heavy atom. The van der Waals surface area contributed by atoms with Crippen molar-refractivity contribution in [3.05, 3.63) is 41.4 Å². The fourth-order valence-electron chi connectivity index (χ4n) is 1.32. The SMILES string of the molecule is C=C(Cl)CNC(C)c1ccc(OC(F)F)cc1. The number of halogens is 3. The van der Waals surface area contributed by atoms with Crippen LogP contribution in [0.4, 0.5) is 8.78 Å². The lowest BCUT2D eigenvalue weighted by atomic mass is 10.1. The summed E-state index contributed by atoms with van der Waals surface area (Å²) in [4.78, 5) is 0. The lowest BCUT2D eigenvalue weighted by Gasteiger charge is -2.14.